The average Bonchev–Trinajstić information content (AvgIpc) is 3.30. The fourth-order valence-corrected chi connectivity index (χ4v) is 6.42. The number of ether oxygens (including phenoxy) is 3. The van der Waals surface area contributed by atoms with Crippen LogP contribution in [0, 0.1) is 0 Å². The number of hydrogen-bond acceptors (Lipinski definition) is 14. The van der Waals surface area contributed by atoms with Crippen molar-refractivity contribution >= 4 is 76.1 Å². The number of anilines is 1. The molecular formula is C46H59N5O16S. The Morgan fingerprint density at radius 1 is 0.765 bits per heavy atom. The summed E-state index contributed by atoms with van der Waals surface area (Å²) < 4.78 is 21.4. The molecular weight excluding hydrogens is 911 g/mol. The normalized spacial score (nSPS) is 11.3. The highest BCUT2D eigenvalue weighted by atomic mass is 32.1. The lowest BCUT2D eigenvalue weighted by Crippen LogP contribution is -2.49. The van der Waals surface area contributed by atoms with Crippen molar-refractivity contribution in [3.05, 3.63) is 70.4 Å². The number of nitrogens with one attached hydrogen (secondary N) is 5. The molecule has 0 fully saturated rings. The van der Waals surface area contributed by atoms with Crippen LogP contribution in [0.25, 0.3) is 33.4 Å². The second-order valence-electron chi connectivity index (χ2n) is 13.9. The lowest BCUT2D eigenvalue weighted by molar-refractivity contribution is -0.141. The molecule has 0 radical (unpaired) electrons. The first-order chi connectivity index (χ1) is 32.6. The van der Waals surface area contributed by atoms with E-state index < -0.39 is 42.6 Å². The Kier molecular flexibility index (Phi) is 25.9. The molecule has 2 aromatic rings. The predicted molar refractivity (Wildman–Crippen MR) is 254 cm³/mol. The van der Waals surface area contributed by atoms with Gasteiger partial charge in [-0.3, -0.25) is 24.0 Å². The Morgan fingerprint density at radius 3 is 2.15 bits per heavy atom. The van der Waals surface area contributed by atoms with E-state index in [0.717, 1.165) is 0 Å². The second kappa shape index (κ2) is 30.9. The SMILES string of the molecule is CC.CC.O=CO[C@H](CCC(=O)O)NC(=O)N[C@@H](CCC(=O)CCCNC(=O)CCOCCOCCNC(=S)Nc1ccc(-c2c3ccc(=O)cc-3oc3cc(O)ccc23)c(C(=O)O)c1)C(=O)O. The Bertz CT molecular complexity index is 2360. The number of urea groups is 1. The number of amides is 3. The van der Waals surface area contributed by atoms with E-state index in [1.54, 1.807) is 24.3 Å². The largest absolute Gasteiger partial charge is 0.508 e. The topological polar surface area (TPSA) is 318 Å². The molecule has 2 aromatic carbocycles. The van der Waals surface area contributed by atoms with Crippen molar-refractivity contribution in [3.63, 3.8) is 0 Å². The first kappa shape index (κ1) is 57.0. The van der Waals surface area contributed by atoms with Gasteiger partial charge in [-0.2, -0.15) is 0 Å². The molecule has 4 rings (SSSR count). The summed E-state index contributed by atoms with van der Waals surface area (Å²) in [4.78, 5) is 94.1. The summed E-state index contributed by atoms with van der Waals surface area (Å²) in [7, 11) is 0. The lowest BCUT2D eigenvalue weighted by Gasteiger charge is -2.19. The quantitative estimate of drug-likeness (QED) is 0.0123. The van der Waals surface area contributed by atoms with Gasteiger partial charge in [-0.1, -0.05) is 33.8 Å². The molecule has 1 aliphatic heterocycles. The number of carboxylic acid groups (broad SMARTS) is 3. The van der Waals surface area contributed by atoms with Gasteiger partial charge in [-0.15, -0.1) is 0 Å². The number of aromatic carboxylic acids is 1. The zero-order chi connectivity index (χ0) is 50.6. The Labute approximate surface area is 397 Å². The van der Waals surface area contributed by atoms with Crippen LogP contribution < -0.4 is 32.0 Å². The number of rotatable bonds is 27. The number of phenols is 1. The lowest BCUT2D eigenvalue weighted by atomic mass is 9.90. The first-order valence-electron chi connectivity index (χ1n) is 21.8. The standard InChI is InChI=1S/C42H47N5O16S.2C2H6/c48-23-62-36(11-12-37(53)54)47-41(59)46-32(40(57)58)10-6-25(49)2-1-14-43-35(52)13-16-60-18-19-61-17-15-44-42(64)45-24-3-7-28(31(20-24)39(55)56)38-29-8-4-26(50)21-33(29)63-34-22-27(51)5-9-30(34)38;2*1-2/h3-5,7-9,20-23,32,36,50H,1-2,6,10-19H2,(H,43,52)(H,53,54)(H,55,56)(H,57,58)(H2,44,45,64)(H2,46,47,59);2*1-2H3/t32-,36+;;/m0../s1. The van der Waals surface area contributed by atoms with Crippen LogP contribution in [0.3, 0.4) is 0 Å². The number of thiocarbonyl (C=S) groups is 1. The number of ketones is 1. The maximum Gasteiger partial charge on any atom is 0.336 e. The summed E-state index contributed by atoms with van der Waals surface area (Å²) in [6.45, 7) is 9.32. The average molecular weight is 970 g/mol. The van der Waals surface area contributed by atoms with Gasteiger partial charge in [0.2, 0.25) is 5.91 Å². The van der Waals surface area contributed by atoms with Crippen molar-refractivity contribution in [2.24, 2.45) is 0 Å². The van der Waals surface area contributed by atoms with Gasteiger partial charge < -0.3 is 65.6 Å². The Morgan fingerprint density at radius 2 is 1.47 bits per heavy atom. The number of aromatic hydroxyl groups is 1. The summed E-state index contributed by atoms with van der Waals surface area (Å²) in [5.41, 5.74) is 1.71. The third-order valence-corrected chi connectivity index (χ3v) is 9.48. The maximum absolute atomic E-state index is 12.5. The zero-order valence-electron chi connectivity index (χ0n) is 38.2. The second-order valence-corrected chi connectivity index (χ2v) is 14.3. The van der Waals surface area contributed by atoms with Crippen molar-refractivity contribution in [3.8, 4) is 28.2 Å². The highest BCUT2D eigenvalue weighted by Crippen LogP contribution is 2.42. The Hall–Kier alpha value is -7.17. The van der Waals surface area contributed by atoms with E-state index >= 15 is 0 Å². The van der Waals surface area contributed by atoms with Gasteiger partial charge in [0.25, 0.3) is 6.47 Å². The molecule has 1 heterocycles. The minimum Gasteiger partial charge on any atom is -0.508 e. The van der Waals surface area contributed by atoms with Crippen LogP contribution in [-0.2, 0) is 38.2 Å². The minimum atomic E-state index is -1.45. The fraction of sp³-hybridized carbons (Fsp3) is 0.413. The summed E-state index contributed by atoms with van der Waals surface area (Å²) in [6, 6.07) is 10.9. The number of phenolic OH excluding ortho intramolecular Hbond substituents is 1. The van der Waals surface area contributed by atoms with Crippen LogP contribution in [0.4, 0.5) is 10.5 Å². The van der Waals surface area contributed by atoms with Gasteiger partial charge >= 0.3 is 23.9 Å². The van der Waals surface area contributed by atoms with Crippen LogP contribution in [-0.4, -0.2) is 119 Å². The number of carbonyl (C=O) groups is 7. The molecule has 3 amide bonds. The van der Waals surface area contributed by atoms with Crippen molar-refractivity contribution in [2.45, 2.75) is 84.9 Å². The highest BCUT2D eigenvalue weighted by molar-refractivity contribution is 7.80. The third-order valence-electron chi connectivity index (χ3n) is 9.23. The van der Waals surface area contributed by atoms with Gasteiger partial charge in [0.05, 0.1) is 38.4 Å². The van der Waals surface area contributed by atoms with Crippen LogP contribution in [0.15, 0.2) is 63.8 Å². The van der Waals surface area contributed by atoms with Crippen LogP contribution in [0.5, 0.6) is 5.75 Å². The van der Waals surface area contributed by atoms with E-state index in [9.17, 15) is 53.7 Å². The molecule has 21 nitrogen and oxygen atoms in total. The van der Waals surface area contributed by atoms with E-state index in [1.807, 2.05) is 27.7 Å². The molecule has 9 N–H and O–H groups in total. The highest BCUT2D eigenvalue weighted by Gasteiger charge is 2.24. The molecule has 0 unspecified atom stereocenters. The molecule has 68 heavy (non-hydrogen) atoms. The number of carboxylic acids is 3. The van der Waals surface area contributed by atoms with E-state index in [-0.39, 0.29) is 116 Å². The van der Waals surface area contributed by atoms with Gasteiger partial charge in [-0.05, 0) is 67.0 Å². The van der Waals surface area contributed by atoms with Gasteiger partial charge in [-0.25, -0.2) is 14.4 Å². The van der Waals surface area contributed by atoms with Gasteiger partial charge in [0.15, 0.2) is 16.8 Å². The molecule has 0 spiro atoms. The number of benzene rings is 3. The van der Waals surface area contributed by atoms with Crippen LogP contribution in [0.2, 0.25) is 0 Å². The maximum atomic E-state index is 12.5. The molecule has 0 saturated carbocycles. The Balaban J connectivity index is 0.00000386. The monoisotopic (exact) mass is 969 g/mol. The summed E-state index contributed by atoms with van der Waals surface area (Å²) >= 11 is 5.38. The van der Waals surface area contributed by atoms with Crippen LogP contribution in [0.1, 0.15) is 83.0 Å². The minimum absolute atomic E-state index is 0.0117. The number of hydrogen-bond donors (Lipinski definition) is 9. The molecule has 370 valence electrons. The van der Waals surface area contributed by atoms with E-state index in [4.69, 9.17) is 31.2 Å². The predicted octanol–water partition coefficient (Wildman–Crippen LogP) is 5.09. The third kappa shape index (κ3) is 19.7. The zero-order valence-corrected chi connectivity index (χ0v) is 39.0. The fourth-order valence-electron chi connectivity index (χ4n) is 6.20. The molecule has 1 aliphatic carbocycles. The van der Waals surface area contributed by atoms with E-state index in [2.05, 4.69) is 31.3 Å². The van der Waals surface area contributed by atoms with E-state index in [1.165, 1.54) is 30.3 Å². The number of fused-ring (bicyclic) bond motifs is 2. The van der Waals surface area contributed by atoms with Crippen molar-refractivity contribution in [2.75, 3.05) is 44.8 Å². The van der Waals surface area contributed by atoms with Crippen molar-refractivity contribution in [1.29, 1.82) is 0 Å². The number of carbonyl (C=O) groups excluding carboxylic acids is 4. The summed E-state index contributed by atoms with van der Waals surface area (Å²) in [6.07, 6.45) is -1.97. The molecule has 0 aromatic heterocycles. The number of Topliss-reactive ketones (excluding diaryl/α,β-unsaturated/α-hetero) is 1. The molecule has 0 bridgehead atoms. The molecule has 0 saturated heterocycles. The van der Waals surface area contributed by atoms with Crippen LogP contribution >= 0.6 is 12.2 Å². The smallest absolute Gasteiger partial charge is 0.336 e. The van der Waals surface area contributed by atoms with Gasteiger partial charge in [0.1, 0.15) is 28.9 Å². The molecule has 2 aliphatic rings. The number of aliphatic carboxylic acids is 2. The summed E-state index contributed by atoms with van der Waals surface area (Å²) in [5, 5.41) is 52.1. The van der Waals surface area contributed by atoms with Crippen molar-refractivity contribution in [1.82, 2.24) is 21.3 Å². The van der Waals surface area contributed by atoms with E-state index in [0.29, 0.717) is 40.7 Å². The molecule has 2 atom stereocenters. The first-order valence-corrected chi connectivity index (χ1v) is 22.2. The van der Waals surface area contributed by atoms with Gasteiger partial charge in [0, 0.05) is 73.1 Å². The summed E-state index contributed by atoms with van der Waals surface area (Å²) in [5.74, 6) is -4.24. The van der Waals surface area contributed by atoms with Crippen molar-refractivity contribution < 1.29 is 72.6 Å². The molecule has 22 heteroatoms.